The van der Waals surface area contributed by atoms with Gasteiger partial charge in [-0.15, -0.1) is 0 Å². The zero-order chi connectivity index (χ0) is 11.4. The molecule has 1 saturated carbocycles. The zero-order valence-corrected chi connectivity index (χ0v) is 9.51. The molecule has 0 aliphatic heterocycles. The van der Waals surface area contributed by atoms with Crippen molar-refractivity contribution in [3.8, 4) is 0 Å². The predicted octanol–water partition coefficient (Wildman–Crippen LogP) is 1.39. The molecule has 4 heteroatoms. The van der Waals surface area contributed by atoms with E-state index < -0.39 is 0 Å². The van der Waals surface area contributed by atoms with Crippen LogP contribution >= 0.6 is 0 Å². The number of hydrogen-bond donors (Lipinski definition) is 1. The highest BCUT2D eigenvalue weighted by Gasteiger charge is 2.63. The Bertz CT molecular complexity index is 546. The van der Waals surface area contributed by atoms with E-state index in [1.54, 1.807) is 12.4 Å². The lowest BCUT2D eigenvalue weighted by molar-refractivity contribution is 0.228. The summed E-state index contributed by atoms with van der Waals surface area (Å²) in [7, 11) is 0. The minimum Gasteiger partial charge on any atom is -0.395 e. The lowest BCUT2D eigenvalue weighted by Gasteiger charge is -2.17. The van der Waals surface area contributed by atoms with Crippen LogP contribution in [0.3, 0.4) is 0 Å². The highest BCUT2D eigenvalue weighted by Crippen LogP contribution is 2.63. The van der Waals surface area contributed by atoms with Crippen LogP contribution in [0.2, 0.25) is 0 Å². The summed E-state index contributed by atoms with van der Waals surface area (Å²) in [4.78, 5) is 8.37. The van der Waals surface area contributed by atoms with Crippen LogP contribution in [-0.4, -0.2) is 26.1 Å². The summed E-state index contributed by atoms with van der Waals surface area (Å²) in [6.07, 6.45) is 8.26. The van der Waals surface area contributed by atoms with Gasteiger partial charge < -0.3 is 9.51 Å². The number of nitrogens with zero attached hydrogens (tertiary/aromatic N) is 3. The first kappa shape index (κ1) is 9.78. The summed E-state index contributed by atoms with van der Waals surface area (Å²) >= 11 is 0. The fourth-order valence-electron chi connectivity index (χ4n) is 2.69. The molecule has 2 aromatic heterocycles. The molecule has 2 aromatic rings. The van der Waals surface area contributed by atoms with Crippen LogP contribution in [0.1, 0.15) is 26.0 Å². The number of rotatable bonds is 2. The minimum absolute atomic E-state index is 0.131. The maximum Gasteiger partial charge on any atom is 0.155 e. The normalized spacial score (nSPS) is 27.2. The van der Waals surface area contributed by atoms with Crippen molar-refractivity contribution < 1.29 is 5.11 Å². The smallest absolute Gasteiger partial charge is 0.155 e. The first-order valence-electron chi connectivity index (χ1n) is 5.49. The third-order valence-electron chi connectivity index (χ3n) is 3.99. The van der Waals surface area contributed by atoms with Crippen molar-refractivity contribution in [1.29, 1.82) is 0 Å². The largest absolute Gasteiger partial charge is 0.395 e. The van der Waals surface area contributed by atoms with Crippen molar-refractivity contribution >= 4 is 5.65 Å². The Labute approximate surface area is 94.0 Å². The van der Waals surface area contributed by atoms with E-state index in [4.69, 9.17) is 0 Å². The predicted molar refractivity (Wildman–Crippen MR) is 60.1 cm³/mol. The lowest BCUT2D eigenvalue weighted by Crippen LogP contribution is -2.21. The van der Waals surface area contributed by atoms with Crippen LogP contribution in [0, 0.1) is 5.41 Å². The molecular formula is C12H15N3O. The van der Waals surface area contributed by atoms with Crippen molar-refractivity contribution in [1.82, 2.24) is 14.4 Å². The Morgan fingerprint density at radius 2 is 2.19 bits per heavy atom. The molecule has 1 aliphatic rings. The fourth-order valence-corrected chi connectivity index (χ4v) is 2.69. The third kappa shape index (κ3) is 1.02. The Balaban J connectivity index is 2.20. The molecule has 1 aliphatic carbocycles. The van der Waals surface area contributed by atoms with Crippen LogP contribution in [0.15, 0.2) is 24.8 Å². The highest BCUT2D eigenvalue weighted by atomic mass is 16.3. The van der Waals surface area contributed by atoms with Crippen molar-refractivity contribution in [2.45, 2.75) is 25.7 Å². The van der Waals surface area contributed by atoms with Gasteiger partial charge in [0, 0.05) is 24.0 Å². The number of hydrogen-bond acceptors (Lipinski definition) is 3. The van der Waals surface area contributed by atoms with E-state index in [9.17, 15) is 5.11 Å². The van der Waals surface area contributed by atoms with Gasteiger partial charge in [0.1, 0.15) is 0 Å². The molecule has 1 N–H and O–H groups in total. The van der Waals surface area contributed by atoms with E-state index >= 15 is 0 Å². The summed E-state index contributed by atoms with van der Waals surface area (Å²) in [5, 5.41) is 9.67. The molecule has 0 radical (unpaired) electrons. The molecule has 16 heavy (non-hydrogen) atoms. The number of fused-ring (bicyclic) bond motifs is 1. The van der Waals surface area contributed by atoms with E-state index in [-0.39, 0.29) is 17.4 Å². The molecule has 4 nitrogen and oxygen atoms in total. The minimum atomic E-state index is -0.131. The van der Waals surface area contributed by atoms with Crippen molar-refractivity contribution in [3.05, 3.63) is 30.5 Å². The number of imidazole rings is 1. The summed E-state index contributed by atoms with van der Waals surface area (Å²) in [5.41, 5.74) is 1.96. The van der Waals surface area contributed by atoms with E-state index in [1.807, 2.05) is 16.8 Å². The lowest BCUT2D eigenvalue weighted by atomic mass is 9.93. The average molecular weight is 217 g/mol. The Morgan fingerprint density at radius 3 is 2.81 bits per heavy atom. The maximum absolute atomic E-state index is 9.67. The molecule has 84 valence electrons. The van der Waals surface area contributed by atoms with E-state index in [0.29, 0.717) is 0 Å². The average Bonchev–Trinajstić information content (AvgIpc) is 2.67. The van der Waals surface area contributed by atoms with Crippen LogP contribution in [0.5, 0.6) is 0 Å². The SMILES string of the molecule is CC1(C)CC1(CO)c1cnc2cnccn12. The fraction of sp³-hybridized carbons (Fsp3) is 0.500. The van der Waals surface area contributed by atoms with Gasteiger partial charge in [-0.3, -0.25) is 4.98 Å². The molecular weight excluding hydrogens is 202 g/mol. The summed E-state index contributed by atoms with van der Waals surface area (Å²) in [6, 6.07) is 0. The second-order valence-corrected chi connectivity index (χ2v) is 5.25. The molecule has 1 unspecified atom stereocenters. The highest BCUT2D eigenvalue weighted by molar-refractivity contribution is 5.43. The van der Waals surface area contributed by atoms with Crippen LogP contribution in [0.25, 0.3) is 5.65 Å². The zero-order valence-electron chi connectivity index (χ0n) is 9.51. The van der Waals surface area contributed by atoms with E-state index in [0.717, 1.165) is 17.8 Å². The van der Waals surface area contributed by atoms with Gasteiger partial charge in [-0.05, 0) is 11.8 Å². The second kappa shape index (κ2) is 2.83. The van der Waals surface area contributed by atoms with Gasteiger partial charge >= 0.3 is 0 Å². The Morgan fingerprint density at radius 1 is 1.44 bits per heavy atom. The maximum atomic E-state index is 9.67. The van der Waals surface area contributed by atoms with Crippen molar-refractivity contribution in [2.24, 2.45) is 5.41 Å². The molecule has 0 aromatic carbocycles. The molecule has 3 rings (SSSR count). The number of aromatic nitrogens is 3. The summed E-state index contributed by atoms with van der Waals surface area (Å²) in [6.45, 7) is 4.55. The quantitative estimate of drug-likeness (QED) is 0.827. The first-order chi connectivity index (χ1) is 7.61. The second-order valence-electron chi connectivity index (χ2n) is 5.25. The number of aliphatic hydroxyl groups is 1. The third-order valence-corrected chi connectivity index (χ3v) is 3.99. The Kier molecular flexibility index (Phi) is 1.73. The van der Waals surface area contributed by atoms with Gasteiger partial charge in [0.2, 0.25) is 0 Å². The van der Waals surface area contributed by atoms with Gasteiger partial charge in [-0.1, -0.05) is 13.8 Å². The van der Waals surface area contributed by atoms with Gasteiger partial charge in [-0.25, -0.2) is 4.98 Å². The molecule has 0 saturated heterocycles. The summed E-state index contributed by atoms with van der Waals surface area (Å²) in [5.74, 6) is 0. The number of aliphatic hydroxyl groups excluding tert-OH is 1. The van der Waals surface area contributed by atoms with Gasteiger partial charge in [0.25, 0.3) is 0 Å². The molecule has 0 amide bonds. The standard InChI is InChI=1S/C12H15N3O/c1-11(2)7-12(11,8-16)9-5-14-10-6-13-3-4-15(9)10/h3-6,16H,7-8H2,1-2H3. The molecule has 0 bridgehead atoms. The van der Waals surface area contributed by atoms with E-state index in [1.165, 1.54) is 0 Å². The van der Waals surface area contributed by atoms with Gasteiger partial charge in [0.05, 0.1) is 18.5 Å². The molecule has 1 fully saturated rings. The van der Waals surface area contributed by atoms with Crippen molar-refractivity contribution in [3.63, 3.8) is 0 Å². The van der Waals surface area contributed by atoms with Crippen molar-refractivity contribution in [2.75, 3.05) is 6.61 Å². The van der Waals surface area contributed by atoms with E-state index in [2.05, 4.69) is 23.8 Å². The van der Waals surface area contributed by atoms with Gasteiger partial charge in [0.15, 0.2) is 5.65 Å². The molecule has 2 heterocycles. The van der Waals surface area contributed by atoms with Crippen LogP contribution in [-0.2, 0) is 5.41 Å². The monoisotopic (exact) mass is 217 g/mol. The Hall–Kier alpha value is -1.42. The topological polar surface area (TPSA) is 50.4 Å². The first-order valence-corrected chi connectivity index (χ1v) is 5.49. The molecule has 1 atom stereocenters. The van der Waals surface area contributed by atoms with Gasteiger partial charge in [-0.2, -0.15) is 0 Å². The van der Waals surface area contributed by atoms with Crippen LogP contribution < -0.4 is 0 Å². The molecule has 0 spiro atoms. The summed E-state index contributed by atoms with van der Waals surface area (Å²) < 4.78 is 2.03. The van der Waals surface area contributed by atoms with Crippen LogP contribution in [0.4, 0.5) is 0 Å².